The molecule has 3 rings (SSSR count). The molecule has 0 saturated heterocycles. The minimum absolute atomic E-state index is 0.0695. The van der Waals surface area contributed by atoms with Crippen molar-refractivity contribution in [3.8, 4) is 5.69 Å². The maximum Gasteiger partial charge on any atom is 0.344 e. The van der Waals surface area contributed by atoms with Gasteiger partial charge in [0.2, 0.25) is 0 Å². The molecule has 12 heteroatoms. The monoisotopic (exact) mass is 457 g/mol. The fourth-order valence-corrected chi connectivity index (χ4v) is 2.96. The average Bonchev–Trinajstić information content (AvgIpc) is 3.53. The van der Waals surface area contributed by atoms with Gasteiger partial charge in [0.15, 0.2) is 11.4 Å². The smallest absolute Gasteiger partial charge is 0.344 e. The van der Waals surface area contributed by atoms with Crippen molar-refractivity contribution in [3.05, 3.63) is 54.3 Å². The van der Waals surface area contributed by atoms with Crippen LogP contribution in [0.3, 0.4) is 0 Å². The molecule has 0 N–H and O–H groups in total. The van der Waals surface area contributed by atoms with Crippen molar-refractivity contribution < 1.29 is 23.5 Å². The van der Waals surface area contributed by atoms with Gasteiger partial charge in [0.05, 0.1) is 22.9 Å². The van der Waals surface area contributed by atoms with Crippen LogP contribution in [0.25, 0.3) is 5.69 Å². The number of rotatable bonds is 6. The van der Waals surface area contributed by atoms with Gasteiger partial charge in [-0.3, -0.25) is 9.13 Å². The van der Waals surface area contributed by atoms with Gasteiger partial charge in [-0.1, -0.05) is 11.6 Å². The maximum atomic E-state index is 14.5. The summed E-state index contributed by atoms with van der Waals surface area (Å²) in [4.78, 5) is 49.0. The number of hydrogen-bond acceptors (Lipinski definition) is 7. The molecule has 1 heterocycles. The number of halogens is 2. The zero-order chi connectivity index (χ0) is 22.2. The Kier molecular flexibility index (Phi) is 6.22. The fourth-order valence-electron chi connectivity index (χ4n) is 2.58. The Morgan fingerprint density at radius 3 is 2.33 bits per heavy atom. The zero-order valence-corrected chi connectivity index (χ0v) is 17.6. The van der Waals surface area contributed by atoms with Gasteiger partial charge in [-0.2, -0.15) is 0 Å². The second-order valence-electron chi connectivity index (χ2n) is 6.79. The molecule has 1 aromatic carbocycles. The third kappa shape index (κ3) is 4.36. The SMILES string of the molecule is Cn1c(=S)n(C)c(=O)n(-c2cc(C(=O)OCC(=O)OCC3CC3)c(Cl)cc2F)c1=O. The maximum absolute atomic E-state index is 14.5. The number of carbonyl (C=O) groups excluding carboxylic acids is 2. The second kappa shape index (κ2) is 8.52. The lowest BCUT2D eigenvalue weighted by Gasteiger charge is -2.13. The van der Waals surface area contributed by atoms with Gasteiger partial charge in [-0.05, 0) is 43.1 Å². The van der Waals surface area contributed by atoms with Crippen LogP contribution >= 0.6 is 23.8 Å². The van der Waals surface area contributed by atoms with Crippen molar-refractivity contribution >= 4 is 35.8 Å². The number of aromatic nitrogens is 3. The van der Waals surface area contributed by atoms with E-state index >= 15 is 0 Å². The van der Waals surface area contributed by atoms with Crippen molar-refractivity contribution in [2.45, 2.75) is 12.8 Å². The minimum Gasteiger partial charge on any atom is -0.463 e. The molecule has 1 aromatic heterocycles. The molecule has 0 bridgehead atoms. The summed E-state index contributed by atoms with van der Waals surface area (Å²) in [6.07, 6.45) is 1.98. The van der Waals surface area contributed by atoms with E-state index in [0.717, 1.165) is 34.1 Å². The molecule has 0 radical (unpaired) electrons. The van der Waals surface area contributed by atoms with E-state index in [1.807, 2.05) is 0 Å². The summed E-state index contributed by atoms with van der Waals surface area (Å²) in [7, 11) is 2.63. The Balaban J connectivity index is 1.92. The number of benzene rings is 1. The van der Waals surface area contributed by atoms with Gasteiger partial charge in [-0.15, -0.1) is 0 Å². The Bertz CT molecular complexity index is 1170. The third-order valence-electron chi connectivity index (χ3n) is 4.53. The average molecular weight is 458 g/mol. The summed E-state index contributed by atoms with van der Waals surface area (Å²) in [5.74, 6) is -2.44. The quantitative estimate of drug-likeness (QED) is 0.478. The molecule has 2 aromatic rings. The van der Waals surface area contributed by atoms with Crippen molar-refractivity contribution in [1.82, 2.24) is 13.7 Å². The Morgan fingerprint density at radius 1 is 1.17 bits per heavy atom. The molecule has 0 amide bonds. The van der Waals surface area contributed by atoms with Gasteiger partial charge < -0.3 is 9.47 Å². The summed E-state index contributed by atoms with van der Waals surface area (Å²) in [6, 6.07) is 1.67. The van der Waals surface area contributed by atoms with Gasteiger partial charge in [-0.25, -0.2) is 28.1 Å². The summed E-state index contributed by atoms with van der Waals surface area (Å²) >= 11 is 10.9. The minimum atomic E-state index is -1.04. The van der Waals surface area contributed by atoms with Gasteiger partial charge in [0, 0.05) is 14.1 Å². The van der Waals surface area contributed by atoms with E-state index in [2.05, 4.69) is 0 Å². The summed E-state index contributed by atoms with van der Waals surface area (Å²) in [6.45, 7) is -0.393. The van der Waals surface area contributed by atoms with Crippen molar-refractivity contribution in [2.24, 2.45) is 20.0 Å². The number of ether oxygens (including phenoxy) is 2. The first-order valence-electron chi connectivity index (χ1n) is 8.83. The van der Waals surface area contributed by atoms with Crippen LogP contribution in [0.5, 0.6) is 0 Å². The van der Waals surface area contributed by atoms with Gasteiger partial charge in [0.1, 0.15) is 5.82 Å². The van der Waals surface area contributed by atoms with E-state index in [1.54, 1.807) is 0 Å². The van der Waals surface area contributed by atoms with E-state index in [1.165, 1.54) is 14.1 Å². The van der Waals surface area contributed by atoms with Crippen LogP contribution in [0, 0.1) is 16.5 Å². The highest BCUT2D eigenvalue weighted by atomic mass is 35.5. The van der Waals surface area contributed by atoms with E-state index in [-0.39, 0.29) is 22.0 Å². The first kappa shape index (κ1) is 21.9. The first-order chi connectivity index (χ1) is 14.1. The molecule has 0 spiro atoms. The molecule has 1 saturated carbocycles. The Morgan fingerprint density at radius 2 is 1.77 bits per heavy atom. The topological polar surface area (TPSA) is 102 Å². The van der Waals surface area contributed by atoms with Crippen LogP contribution in [0.15, 0.2) is 21.7 Å². The lowest BCUT2D eigenvalue weighted by Crippen LogP contribution is -2.43. The normalized spacial score (nSPS) is 13.2. The van der Waals surface area contributed by atoms with Crippen molar-refractivity contribution in [1.29, 1.82) is 0 Å². The van der Waals surface area contributed by atoms with E-state index in [0.29, 0.717) is 10.5 Å². The number of carbonyl (C=O) groups is 2. The lowest BCUT2D eigenvalue weighted by atomic mass is 10.2. The molecule has 1 aliphatic rings. The van der Waals surface area contributed by atoms with E-state index in [4.69, 9.17) is 33.3 Å². The Hall–Kier alpha value is -2.79. The standard InChI is InChI=1S/C18H17ClFN3O6S/c1-21-16(26)23(17(27)22(2)18(21)30)13-5-10(11(19)6-12(13)20)15(25)29-8-14(24)28-7-9-3-4-9/h5-6,9H,3-4,7-8H2,1-2H3. The predicted molar refractivity (Wildman–Crippen MR) is 106 cm³/mol. The van der Waals surface area contributed by atoms with Crippen molar-refractivity contribution in [3.63, 3.8) is 0 Å². The molecule has 1 fully saturated rings. The Labute approximate surface area is 179 Å². The summed E-state index contributed by atoms with van der Waals surface area (Å²) in [5.41, 5.74) is -2.67. The highest BCUT2D eigenvalue weighted by Crippen LogP contribution is 2.28. The van der Waals surface area contributed by atoms with Crippen LogP contribution in [0.4, 0.5) is 4.39 Å². The second-order valence-corrected chi connectivity index (χ2v) is 7.56. The van der Waals surface area contributed by atoms with Crippen LogP contribution < -0.4 is 11.4 Å². The highest BCUT2D eigenvalue weighted by Gasteiger charge is 2.24. The molecule has 0 aliphatic heterocycles. The molecule has 160 valence electrons. The number of nitrogens with zero attached hydrogens (tertiary/aromatic N) is 3. The van der Waals surface area contributed by atoms with E-state index < -0.39 is 41.4 Å². The number of esters is 2. The molecule has 9 nitrogen and oxygen atoms in total. The zero-order valence-electron chi connectivity index (χ0n) is 16.0. The van der Waals surface area contributed by atoms with Crippen molar-refractivity contribution in [2.75, 3.05) is 13.2 Å². The van der Waals surface area contributed by atoms with Crippen LogP contribution in [0.1, 0.15) is 23.2 Å². The van der Waals surface area contributed by atoms with Crippen LogP contribution in [0.2, 0.25) is 5.02 Å². The molecule has 0 unspecified atom stereocenters. The molecular weight excluding hydrogens is 441 g/mol. The largest absolute Gasteiger partial charge is 0.463 e. The highest BCUT2D eigenvalue weighted by molar-refractivity contribution is 7.71. The summed E-state index contributed by atoms with van der Waals surface area (Å²) < 4.78 is 26.8. The molecular formula is C18H17ClFN3O6S. The fraction of sp³-hybridized carbons (Fsp3) is 0.389. The first-order valence-corrected chi connectivity index (χ1v) is 9.61. The van der Waals surface area contributed by atoms with Crippen LogP contribution in [-0.2, 0) is 28.4 Å². The predicted octanol–water partition coefficient (Wildman–Crippen LogP) is 1.51. The third-order valence-corrected chi connectivity index (χ3v) is 5.39. The lowest BCUT2D eigenvalue weighted by molar-refractivity contribution is -0.147. The molecule has 30 heavy (non-hydrogen) atoms. The van der Waals surface area contributed by atoms with Gasteiger partial charge in [0.25, 0.3) is 0 Å². The molecule has 0 atom stereocenters. The van der Waals surface area contributed by atoms with E-state index in [9.17, 15) is 23.6 Å². The van der Waals surface area contributed by atoms with Gasteiger partial charge >= 0.3 is 23.3 Å². The molecule has 1 aliphatic carbocycles. The summed E-state index contributed by atoms with van der Waals surface area (Å²) in [5, 5.41) is -0.318. The van der Waals surface area contributed by atoms with Crippen LogP contribution in [-0.4, -0.2) is 38.9 Å². The number of hydrogen-bond donors (Lipinski definition) is 0.